The average Bonchev–Trinajstić information content (AvgIpc) is 3.67. The number of aryl methyl sites for hydroxylation is 3. The number of rotatable bonds is 10. The van der Waals surface area contributed by atoms with Crippen LogP contribution in [0.1, 0.15) is 85.1 Å². The van der Waals surface area contributed by atoms with E-state index in [0.717, 1.165) is 78.0 Å². The molecule has 10 heteroatoms. The summed E-state index contributed by atoms with van der Waals surface area (Å²) < 4.78 is 0. The van der Waals surface area contributed by atoms with E-state index in [0.29, 0.717) is 17.8 Å². The summed E-state index contributed by atoms with van der Waals surface area (Å²) in [6.45, 7) is 17.5. The van der Waals surface area contributed by atoms with Gasteiger partial charge in [-0.2, -0.15) is 0 Å². The van der Waals surface area contributed by atoms with Gasteiger partial charge >= 0.3 is 11.9 Å². The lowest BCUT2D eigenvalue weighted by Crippen LogP contribution is -2.38. The summed E-state index contributed by atoms with van der Waals surface area (Å²) in [5.74, 6) is -2.39. The van der Waals surface area contributed by atoms with Crippen molar-refractivity contribution in [2.75, 3.05) is 0 Å². The standard InChI is InChI=1S/C37H39N5O5/c1-8-23-18(3)27-14-28-20(5)25(10-12-35(43)38-22(7)37(46)47)33(41-28)17-34-26(11-13-36(44)45)21(6)30(42-34)16-32-24(9-2)19(4)29(40-32)15-31(23)39-27/h8-9,14-17,22,40-41H,1-2,10-13H2,3-7H3,(H,38,43)(H,44,45)(H,46,47)/t22-/m0/s1. The highest BCUT2D eigenvalue weighted by Gasteiger charge is 2.21. The number of carbonyl (C=O) groups is 3. The monoisotopic (exact) mass is 633 g/mol. The van der Waals surface area contributed by atoms with Crippen LogP contribution in [0.25, 0.3) is 50.4 Å². The van der Waals surface area contributed by atoms with Crippen LogP contribution in [0.3, 0.4) is 0 Å². The molecule has 5 heterocycles. The number of amides is 1. The summed E-state index contributed by atoms with van der Waals surface area (Å²) in [5, 5.41) is 21.3. The van der Waals surface area contributed by atoms with Gasteiger partial charge in [-0.1, -0.05) is 25.3 Å². The number of nitrogens with zero attached hydrogens (tertiary/aromatic N) is 2. The molecule has 0 saturated carbocycles. The maximum atomic E-state index is 12.7. The second-order valence-corrected chi connectivity index (χ2v) is 12.0. The molecule has 2 aliphatic heterocycles. The second-order valence-electron chi connectivity index (χ2n) is 12.0. The third kappa shape index (κ3) is 6.44. The molecule has 0 unspecified atom stereocenters. The fraction of sp³-hybridized carbons (Fsp3) is 0.270. The number of aromatic amines is 2. The molecule has 0 saturated heterocycles. The lowest BCUT2D eigenvalue weighted by Gasteiger charge is -2.09. The third-order valence-corrected chi connectivity index (χ3v) is 8.98. The Balaban J connectivity index is 1.83. The highest BCUT2D eigenvalue weighted by molar-refractivity contribution is 5.98. The second kappa shape index (κ2) is 13.1. The van der Waals surface area contributed by atoms with E-state index in [1.54, 1.807) is 12.2 Å². The number of fused-ring (bicyclic) bond motifs is 8. The van der Waals surface area contributed by atoms with E-state index in [-0.39, 0.29) is 25.2 Å². The summed E-state index contributed by atoms with van der Waals surface area (Å²) in [7, 11) is 0. The molecule has 10 nitrogen and oxygen atoms in total. The fourth-order valence-electron chi connectivity index (χ4n) is 6.15. The SMILES string of the molecule is C=CC1=C(C)c2cc3[nH]c(cc4nc(cc5[nH]c(cc1n2)c(C)c5C=C)C(C)=C4CCC(=O)O)c(CCC(=O)N[C@@H](C)C(=O)O)c3C. The number of nitrogens with one attached hydrogen (secondary N) is 3. The molecule has 47 heavy (non-hydrogen) atoms. The number of H-pyrrole nitrogens is 2. The normalized spacial score (nSPS) is 13.5. The van der Waals surface area contributed by atoms with Gasteiger partial charge in [0.15, 0.2) is 0 Å². The van der Waals surface area contributed by atoms with Gasteiger partial charge in [0.1, 0.15) is 6.04 Å². The Kier molecular flexibility index (Phi) is 9.15. The topological polar surface area (TPSA) is 161 Å². The molecule has 242 valence electrons. The van der Waals surface area contributed by atoms with Crippen molar-refractivity contribution in [3.05, 3.63) is 88.5 Å². The number of carboxylic acid groups (broad SMARTS) is 2. The number of carboxylic acids is 2. The number of aromatic nitrogens is 4. The fourth-order valence-corrected chi connectivity index (χ4v) is 6.15. The van der Waals surface area contributed by atoms with Gasteiger partial charge in [0, 0.05) is 46.0 Å². The van der Waals surface area contributed by atoms with Crippen molar-refractivity contribution in [2.45, 2.75) is 66.3 Å². The van der Waals surface area contributed by atoms with Gasteiger partial charge in [-0.05, 0) is 105 Å². The molecule has 0 radical (unpaired) electrons. The number of carbonyl (C=O) groups excluding carboxylic acids is 1. The molecule has 3 aromatic heterocycles. The van der Waals surface area contributed by atoms with Crippen LogP contribution in [0.2, 0.25) is 0 Å². The van der Waals surface area contributed by atoms with Gasteiger partial charge in [0.2, 0.25) is 5.91 Å². The smallest absolute Gasteiger partial charge is 0.325 e. The van der Waals surface area contributed by atoms with Crippen molar-refractivity contribution >= 4 is 68.3 Å². The lowest BCUT2D eigenvalue weighted by atomic mass is 10.00. The molecule has 5 N–H and O–H groups in total. The Morgan fingerprint density at radius 1 is 0.787 bits per heavy atom. The van der Waals surface area contributed by atoms with E-state index in [1.165, 1.54) is 6.92 Å². The van der Waals surface area contributed by atoms with Crippen LogP contribution in [0, 0.1) is 13.8 Å². The molecule has 1 atom stereocenters. The van der Waals surface area contributed by atoms with Gasteiger partial charge in [0.05, 0.1) is 22.8 Å². The van der Waals surface area contributed by atoms with Gasteiger partial charge in [0.25, 0.3) is 0 Å². The first-order chi connectivity index (χ1) is 22.3. The summed E-state index contributed by atoms with van der Waals surface area (Å²) in [5.41, 5.74) is 13.4. The number of hydrogen-bond acceptors (Lipinski definition) is 5. The predicted octanol–water partition coefficient (Wildman–Crippen LogP) is 7.01. The average molecular weight is 634 g/mol. The van der Waals surface area contributed by atoms with Crippen molar-refractivity contribution in [1.29, 1.82) is 0 Å². The van der Waals surface area contributed by atoms with E-state index in [4.69, 9.17) is 9.97 Å². The Morgan fingerprint density at radius 3 is 2.04 bits per heavy atom. The van der Waals surface area contributed by atoms with E-state index >= 15 is 0 Å². The van der Waals surface area contributed by atoms with Gasteiger partial charge < -0.3 is 25.5 Å². The lowest BCUT2D eigenvalue weighted by molar-refractivity contribution is -0.141. The Hall–Kier alpha value is -5.51. The zero-order valence-corrected chi connectivity index (χ0v) is 27.3. The molecular formula is C37H39N5O5. The van der Waals surface area contributed by atoms with Crippen LogP contribution in [-0.4, -0.2) is 54.0 Å². The number of allylic oxidation sites excluding steroid dienone is 5. The van der Waals surface area contributed by atoms with Crippen molar-refractivity contribution in [3.63, 3.8) is 0 Å². The molecule has 5 rings (SSSR count). The van der Waals surface area contributed by atoms with Crippen LogP contribution < -0.4 is 5.32 Å². The van der Waals surface area contributed by atoms with Crippen LogP contribution >= 0.6 is 0 Å². The minimum atomic E-state index is -1.11. The summed E-state index contributed by atoms with van der Waals surface area (Å²) >= 11 is 0. The van der Waals surface area contributed by atoms with Crippen molar-refractivity contribution < 1.29 is 24.6 Å². The van der Waals surface area contributed by atoms with Crippen molar-refractivity contribution in [3.8, 4) is 0 Å². The molecule has 0 fully saturated rings. The van der Waals surface area contributed by atoms with Crippen LogP contribution in [0.15, 0.2) is 43.5 Å². The molecule has 2 aliphatic rings. The first kappa shape index (κ1) is 32.9. The number of aliphatic carboxylic acids is 2. The molecule has 0 aliphatic carbocycles. The summed E-state index contributed by atoms with van der Waals surface area (Å²) in [6.07, 6.45) is 4.25. The van der Waals surface area contributed by atoms with Crippen molar-refractivity contribution in [1.82, 2.24) is 25.3 Å². The van der Waals surface area contributed by atoms with E-state index < -0.39 is 18.0 Å². The maximum Gasteiger partial charge on any atom is 0.325 e. The molecule has 1 amide bonds. The first-order valence-corrected chi connectivity index (χ1v) is 15.5. The zero-order valence-electron chi connectivity index (χ0n) is 27.3. The molecular weight excluding hydrogens is 594 g/mol. The predicted molar refractivity (Wildman–Crippen MR) is 186 cm³/mol. The Labute approximate surface area is 272 Å². The zero-order chi connectivity index (χ0) is 34.2. The maximum absolute atomic E-state index is 12.7. The van der Waals surface area contributed by atoms with Crippen LogP contribution in [0.4, 0.5) is 0 Å². The minimum absolute atomic E-state index is 0.0568. The van der Waals surface area contributed by atoms with Crippen LogP contribution in [-0.2, 0) is 20.8 Å². The Morgan fingerprint density at radius 2 is 1.38 bits per heavy atom. The van der Waals surface area contributed by atoms with Crippen LogP contribution in [0.5, 0.6) is 0 Å². The number of hydrogen-bond donors (Lipinski definition) is 5. The highest BCUT2D eigenvalue weighted by atomic mass is 16.4. The largest absolute Gasteiger partial charge is 0.481 e. The molecule has 3 aromatic rings. The quantitative estimate of drug-likeness (QED) is 0.160. The van der Waals surface area contributed by atoms with E-state index in [1.807, 2.05) is 52.0 Å². The van der Waals surface area contributed by atoms with E-state index in [2.05, 4.69) is 28.4 Å². The highest BCUT2D eigenvalue weighted by Crippen LogP contribution is 2.36. The minimum Gasteiger partial charge on any atom is -0.481 e. The molecule has 8 bridgehead atoms. The molecule has 0 spiro atoms. The third-order valence-electron chi connectivity index (χ3n) is 8.98. The summed E-state index contributed by atoms with van der Waals surface area (Å²) in [6, 6.07) is 6.84. The molecule has 0 aromatic carbocycles. The first-order valence-electron chi connectivity index (χ1n) is 15.5. The van der Waals surface area contributed by atoms with Gasteiger partial charge in [-0.25, -0.2) is 9.97 Å². The van der Waals surface area contributed by atoms with Gasteiger partial charge in [-0.15, -0.1) is 0 Å². The van der Waals surface area contributed by atoms with Crippen molar-refractivity contribution in [2.24, 2.45) is 0 Å². The van der Waals surface area contributed by atoms with Gasteiger partial charge in [-0.3, -0.25) is 14.4 Å². The Bertz CT molecular complexity index is 2090. The summed E-state index contributed by atoms with van der Waals surface area (Å²) in [4.78, 5) is 52.7. The van der Waals surface area contributed by atoms with E-state index in [9.17, 15) is 24.6 Å².